The summed E-state index contributed by atoms with van der Waals surface area (Å²) >= 11 is 1.11. The number of amides is 1. The molecule has 30 heavy (non-hydrogen) atoms. The Morgan fingerprint density at radius 3 is 2.57 bits per heavy atom. The van der Waals surface area contributed by atoms with E-state index in [0.717, 1.165) is 42.3 Å². The number of halogens is 3. The Hall–Kier alpha value is -2.23. The van der Waals surface area contributed by atoms with Gasteiger partial charge in [-0.05, 0) is 43.0 Å². The van der Waals surface area contributed by atoms with Crippen molar-refractivity contribution in [1.82, 2.24) is 20.1 Å². The minimum Gasteiger partial charge on any atom is -0.497 e. The highest BCUT2D eigenvalue weighted by Gasteiger charge is 2.30. The fourth-order valence-electron chi connectivity index (χ4n) is 3.67. The van der Waals surface area contributed by atoms with E-state index in [1.807, 2.05) is 34.1 Å². The molecule has 10 heteroatoms. The van der Waals surface area contributed by atoms with E-state index in [1.165, 1.54) is 6.42 Å². The maximum Gasteiger partial charge on any atom is 0.405 e. The van der Waals surface area contributed by atoms with Gasteiger partial charge in [-0.25, -0.2) is 0 Å². The highest BCUT2D eigenvalue weighted by molar-refractivity contribution is 7.99. The molecule has 0 unspecified atom stereocenters. The van der Waals surface area contributed by atoms with Gasteiger partial charge in [-0.15, -0.1) is 10.2 Å². The molecule has 164 valence electrons. The van der Waals surface area contributed by atoms with Crippen LogP contribution in [0.25, 0.3) is 11.4 Å². The number of thioether (sulfide) groups is 1. The van der Waals surface area contributed by atoms with Crippen molar-refractivity contribution in [3.8, 4) is 17.1 Å². The summed E-state index contributed by atoms with van der Waals surface area (Å²) in [4.78, 5) is 11.9. The molecule has 1 saturated carbocycles. The predicted octanol–water partition coefficient (Wildman–Crippen LogP) is 4.48. The summed E-state index contributed by atoms with van der Waals surface area (Å²) in [6.45, 7) is 0.849. The van der Waals surface area contributed by atoms with E-state index in [4.69, 9.17) is 4.74 Å². The molecule has 2 aromatic rings. The van der Waals surface area contributed by atoms with E-state index in [0.29, 0.717) is 16.9 Å². The first-order chi connectivity index (χ1) is 14.3. The van der Waals surface area contributed by atoms with Crippen LogP contribution in [0.15, 0.2) is 29.4 Å². The molecule has 2 atom stereocenters. The summed E-state index contributed by atoms with van der Waals surface area (Å²) in [6, 6.07) is 7.66. The van der Waals surface area contributed by atoms with Crippen LogP contribution in [0.3, 0.4) is 0 Å². The lowest BCUT2D eigenvalue weighted by Crippen LogP contribution is -2.34. The molecule has 0 radical (unpaired) electrons. The molecule has 0 saturated heterocycles. The number of nitrogens with one attached hydrogen (secondary N) is 1. The minimum atomic E-state index is -4.43. The number of hydrogen-bond donors (Lipinski definition) is 1. The number of ether oxygens (including phenoxy) is 1. The van der Waals surface area contributed by atoms with Gasteiger partial charge >= 0.3 is 6.18 Å². The first-order valence-corrected chi connectivity index (χ1v) is 10.8. The molecule has 3 rings (SSSR count). The van der Waals surface area contributed by atoms with E-state index in [1.54, 1.807) is 7.11 Å². The van der Waals surface area contributed by atoms with Gasteiger partial charge in [0.1, 0.15) is 12.3 Å². The Labute approximate surface area is 177 Å². The normalized spacial score (nSPS) is 19.5. The number of methoxy groups -OCH3 is 1. The summed E-state index contributed by atoms with van der Waals surface area (Å²) in [6.07, 6.45) is -0.123. The van der Waals surface area contributed by atoms with E-state index >= 15 is 0 Å². The first kappa shape index (κ1) is 22.5. The molecule has 6 nitrogen and oxygen atoms in total. The Morgan fingerprint density at radius 1 is 1.23 bits per heavy atom. The maximum atomic E-state index is 12.3. The fourth-order valence-corrected chi connectivity index (χ4v) is 4.49. The summed E-state index contributed by atoms with van der Waals surface area (Å²) in [5.74, 6) is 0.985. The van der Waals surface area contributed by atoms with Gasteiger partial charge in [0.15, 0.2) is 11.0 Å². The summed E-state index contributed by atoms with van der Waals surface area (Å²) in [5, 5.41) is 11.1. The molecule has 1 aliphatic carbocycles. The number of carbonyl (C=O) groups is 1. The lowest BCUT2D eigenvalue weighted by molar-refractivity contribution is -0.136. The Morgan fingerprint density at radius 2 is 1.93 bits per heavy atom. The van der Waals surface area contributed by atoms with Crippen LogP contribution < -0.4 is 10.1 Å². The number of hydrogen-bond acceptors (Lipinski definition) is 5. The van der Waals surface area contributed by atoms with E-state index in [-0.39, 0.29) is 11.8 Å². The van der Waals surface area contributed by atoms with Gasteiger partial charge in [0.05, 0.1) is 12.9 Å². The second kappa shape index (κ2) is 9.72. The van der Waals surface area contributed by atoms with Crippen LogP contribution in [0, 0.1) is 5.92 Å². The lowest BCUT2D eigenvalue weighted by Gasteiger charge is -2.31. The second-order valence-electron chi connectivity index (χ2n) is 7.41. The molecule has 1 aliphatic rings. The number of nitrogens with zero attached hydrogens (tertiary/aromatic N) is 3. The fraction of sp³-hybridized carbons (Fsp3) is 0.550. The van der Waals surface area contributed by atoms with Crippen molar-refractivity contribution < 1.29 is 22.7 Å². The molecule has 1 aromatic heterocycles. The van der Waals surface area contributed by atoms with Crippen LogP contribution in [0.1, 0.15) is 38.6 Å². The highest BCUT2D eigenvalue weighted by atomic mass is 32.2. The van der Waals surface area contributed by atoms with Crippen molar-refractivity contribution in [2.24, 2.45) is 5.92 Å². The number of carbonyl (C=O) groups excluding carboxylic acids is 1. The zero-order valence-corrected chi connectivity index (χ0v) is 17.7. The second-order valence-corrected chi connectivity index (χ2v) is 8.36. The monoisotopic (exact) mass is 442 g/mol. The summed E-state index contributed by atoms with van der Waals surface area (Å²) in [7, 11) is 1.60. The number of alkyl halides is 3. The van der Waals surface area contributed by atoms with E-state index < -0.39 is 18.6 Å². The average Bonchev–Trinajstić information content (AvgIpc) is 3.14. The molecule has 1 aromatic carbocycles. The van der Waals surface area contributed by atoms with Crippen LogP contribution in [0.4, 0.5) is 13.2 Å². The average molecular weight is 443 g/mol. The SMILES string of the molecule is COc1ccc(-c2nnc(SCC(=O)NCC(F)(F)F)n2[C@@H]2CCCC[C@H]2C)cc1. The van der Waals surface area contributed by atoms with Gasteiger partial charge in [0.2, 0.25) is 5.91 Å². The quantitative estimate of drug-likeness (QED) is 0.641. The standard InChI is InChI=1S/C20H25F3N4O2S/c1-13-5-3-4-6-16(13)27-18(14-7-9-15(29-2)10-8-14)25-26-19(27)30-11-17(28)24-12-20(21,22)23/h7-10,13,16H,3-6,11-12H2,1-2H3,(H,24,28)/t13-,16-/m1/s1. The lowest BCUT2D eigenvalue weighted by atomic mass is 9.85. The molecule has 0 spiro atoms. The van der Waals surface area contributed by atoms with Crippen molar-refractivity contribution in [3.05, 3.63) is 24.3 Å². The van der Waals surface area contributed by atoms with Crippen LogP contribution in [0.5, 0.6) is 5.75 Å². The Bertz CT molecular complexity index is 855. The highest BCUT2D eigenvalue weighted by Crippen LogP contribution is 2.39. The summed E-state index contributed by atoms with van der Waals surface area (Å²) in [5.41, 5.74) is 0.870. The number of aromatic nitrogens is 3. The maximum absolute atomic E-state index is 12.3. The molecule has 1 N–H and O–H groups in total. The van der Waals surface area contributed by atoms with Crippen LogP contribution in [-0.4, -0.2) is 46.3 Å². The third kappa shape index (κ3) is 5.68. The van der Waals surface area contributed by atoms with Crippen molar-refractivity contribution in [2.75, 3.05) is 19.4 Å². The zero-order chi connectivity index (χ0) is 21.7. The van der Waals surface area contributed by atoms with Crippen molar-refractivity contribution in [2.45, 2.75) is 50.0 Å². The molecule has 1 heterocycles. The largest absolute Gasteiger partial charge is 0.497 e. The summed E-state index contributed by atoms with van der Waals surface area (Å²) < 4.78 is 44.2. The van der Waals surface area contributed by atoms with Crippen LogP contribution in [0.2, 0.25) is 0 Å². The minimum absolute atomic E-state index is 0.155. The first-order valence-electron chi connectivity index (χ1n) is 9.84. The smallest absolute Gasteiger partial charge is 0.405 e. The zero-order valence-electron chi connectivity index (χ0n) is 16.9. The van der Waals surface area contributed by atoms with Crippen molar-refractivity contribution in [1.29, 1.82) is 0 Å². The Balaban J connectivity index is 1.83. The Kier molecular flexibility index (Phi) is 7.27. The van der Waals surface area contributed by atoms with E-state index in [2.05, 4.69) is 17.1 Å². The van der Waals surface area contributed by atoms with Gasteiger partial charge in [-0.1, -0.05) is 31.5 Å². The van der Waals surface area contributed by atoms with Gasteiger partial charge < -0.3 is 10.1 Å². The van der Waals surface area contributed by atoms with Crippen molar-refractivity contribution >= 4 is 17.7 Å². The molecule has 1 amide bonds. The van der Waals surface area contributed by atoms with Crippen LogP contribution in [-0.2, 0) is 4.79 Å². The van der Waals surface area contributed by atoms with Gasteiger partial charge in [-0.2, -0.15) is 13.2 Å². The van der Waals surface area contributed by atoms with Gasteiger partial charge in [-0.3, -0.25) is 9.36 Å². The third-order valence-corrected chi connectivity index (χ3v) is 6.17. The number of benzene rings is 1. The number of rotatable bonds is 7. The van der Waals surface area contributed by atoms with Gasteiger partial charge in [0.25, 0.3) is 0 Å². The van der Waals surface area contributed by atoms with Crippen LogP contribution >= 0.6 is 11.8 Å². The molecule has 1 fully saturated rings. The van der Waals surface area contributed by atoms with E-state index in [9.17, 15) is 18.0 Å². The third-order valence-electron chi connectivity index (χ3n) is 5.23. The topological polar surface area (TPSA) is 69.0 Å². The predicted molar refractivity (Wildman–Crippen MR) is 108 cm³/mol. The molecule has 0 bridgehead atoms. The van der Waals surface area contributed by atoms with Crippen molar-refractivity contribution in [3.63, 3.8) is 0 Å². The molecular weight excluding hydrogens is 417 g/mol. The molecular formula is C20H25F3N4O2S. The molecule has 0 aliphatic heterocycles. The van der Waals surface area contributed by atoms with Gasteiger partial charge in [0, 0.05) is 11.6 Å².